The predicted octanol–water partition coefficient (Wildman–Crippen LogP) is 3.27. The zero-order chi connectivity index (χ0) is 20.4. The van der Waals surface area contributed by atoms with Gasteiger partial charge in [0.05, 0.1) is 23.9 Å². The molecule has 0 amide bonds. The summed E-state index contributed by atoms with van der Waals surface area (Å²) in [7, 11) is 2.16. The average molecular weight is 393 g/mol. The Morgan fingerprint density at radius 3 is 2.69 bits per heavy atom. The smallest absolute Gasteiger partial charge is 0.269 e. The van der Waals surface area contributed by atoms with Crippen LogP contribution in [0.4, 0.5) is 0 Å². The van der Waals surface area contributed by atoms with Crippen molar-refractivity contribution in [3.8, 4) is 11.4 Å². The molecule has 1 aromatic heterocycles. The van der Waals surface area contributed by atoms with Crippen LogP contribution < -0.4 is 16.0 Å². The maximum absolute atomic E-state index is 13.5. The summed E-state index contributed by atoms with van der Waals surface area (Å²) in [4.78, 5) is 20.6. The van der Waals surface area contributed by atoms with Gasteiger partial charge in [-0.25, -0.2) is 4.98 Å². The molecule has 0 bridgehead atoms. The quantitative estimate of drug-likeness (QED) is 0.697. The Hall–Kier alpha value is -2.70. The zero-order valence-electron chi connectivity index (χ0n) is 17.0. The number of para-hydroxylation sites is 1. The summed E-state index contributed by atoms with van der Waals surface area (Å²) in [5, 5.41) is 0.500. The average Bonchev–Trinajstić information content (AvgIpc) is 3.13. The fourth-order valence-corrected chi connectivity index (χ4v) is 4.12. The van der Waals surface area contributed by atoms with E-state index in [0.717, 1.165) is 18.7 Å². The minimum Gasteiger partial charge on any atom is -0.493 e. The van der Waals surface area contributed by atoms with Gasteiger partial charge in [-0.3, -0.25) is 9.36 Å². The monoisotopic (exact) mass is 392 g/mol. The molecule has 0 aliphatic carbocycles. The van der Waals surface area contributed by atoms with Crippen LogP contribution in [-0.2, 0) is 0 Å². The van der Waals surface area contributed by atoms with Gasteiger partial charge in [-0.1, -0.05) is 24.3 Å². The van der Waals surface area contributed by atoms with Crippen LogP contribution in [0.3, 0.4) is 0 Å². The molecule has 0 saturated carbocycles. The highest BCUT2D eigenvalue weighted by Gasteiger charge is 2.21. The van der Waals surface area contributed by atoms with E-state index in [4.69, 9.17) is 15.5 Å². The Morgan fingerprint density at radius 2 is 2.00 bits per heavy atom. The standard InChI is InChI=1S/C23H28N4O2/c1-16(24)22-25-19-11-6-12-20(29-15-13-17-10-7-14-26(17)2)21(19)23(28)27(22)18-8-4-3-5-9-18/h3-6,8-9,11-12,16-17H,7,10,13-15,24H2,1-2H3/t16-,17?/m0/s1. The lowest BCUT2D eigenvalue weighted by Gasteiger charge is -2.20. The summed E-state index contributed by atoms with van der Waals surface area (Å²) >= 11 is 0. The Balaban J connectivity index is 1.74. The molecule has 6 heteroatoms. The van der Waals surface area contributed by atoms with Gasteiger partial charge >= 0.3 is 0 Å². The van der Waals surface area contributed by atoms with Crippen LogP contribution in [0.5, 0.6) is 5.75 Å². The minimum atomic E-state index is -0.380. The number of likely N-dealkylation sites (tertiary alicyclic amines) is 1. The van der Waals surface area contributed by atoms with E-state index >= 15 is 0 Å². The van der Waals surface area contributed by atoms with E-state index < -0.39 is 0 Å². The van der Waals surface area contributed by atoms with Crippen LogP contribution in [0.25, 0.3) is 16.6 Å². The van der Waals surface area contributed by atoms with Gasteiger partial charge in [0, 0.05) is 6.04 Å². The van der Waals surface area contributed by atoms with E-state index in [2.05, 4.69) is 11.9 Å². The van der Waals surface area contributed by atoms with E-state index in [-0.39, 0.29) is 11.6 Å². The molecule has 2 heterocycles. The minimum absolute atomic E-state index is 0.151. The predicted molar refractivity (Wildman–Crippen MR) is 116 cm³/mol. The summed E-state index contributed by atoms with van der Waals surface area (Å²) in [6, 6.07) is 15.2. The Labute approximate surface area is 170 Å². The molecule has 1 aliphatic rings. The summed E-state index contributed by atoms with van der Waals surface area (Å²) in [5.41, 5.74) is 7.37. The second-order valence-electron chi connectivity index (χ2n) is 7.80. The molecule has 6 nitrogen and oxygen atoms in total. The zero-order valence-corrected chi connectivity index (χ0v) is 17.0. The van der Waals surface area contributed by atoms with Crippen molar-refractivity contribution in [2.75, 3.05) is 20.2 Å². The third-order valence-electron chi connectivity index (χ3n) is 5.69. The molecule has 2 aromatic carbocycles. The van der Waals surface area contributed by atoms with Crippen molar-refractivity contribution in [2.45, 2.75) is 38.3 Å². The van der Waals surface area contributed by atoms with E-state index in [9.17, 15) is 4.79 Å². The molecule has 1 fully saturated rings. The number of benzene rings is 2. The lowest BCUT2D eigenvalue weighted by atomic mass is 10.1. The SMILES string of the molecule is C[C@H](N)c1nc2cccc(OCCC3CCCN3C)c2c(=O)n1-c1ccccc1. The molecule has 1 saturated heterocycles. The van der Waals surface area contributed by atoms with Gasteiger partial charge in [0.25, 0.3) is 5.56 Å². The Bertz CT molecular complexity index is 1050. The molecular weight excluding hydrogens is 364 g/mol. The maximum atomic E-state index is 13.5. The summed E-state index contributed by atoms with van der Waals surface area (Å²) in [6.07, 6.45) is 3.39. The van der Waals surface area contributed by atoms with Crippen LogP contribution in [-0.4, -0.2) is 40.7 Å². The third kappa shape index (κ3) is 3.91. The van der Waals surface area contributed by atoms with Gasteiger partial charge in [-0.2, -0.15) is 0 Å². The molecule has 1 aliphatic heterocycles. The van der Waals surface area contributed by atoms with Gasteiger partial charge < -0.3 is 15.4 Å². The highest BCUT2D eigenvalue weighted by molar-refractivity contribution is 5.84. The van der Waals surface area contributed by atoms with Crippen LogP contribution >= 0.6 is 0 Å². The molecule has 0 spiro atoms. The van der Waals surface area contributed by atoms with E-state index in [0.29, 0.717) is 35.1 Å². The van der Waals surface area contributed by atoms with E-state index in [1.54, 1.807) is 4.57 Å². The lowest BCUT2D eigenvalue weighted by molar-refractivity contribution is 0.234. The van der Waals surface area contributed by atoms with E-state index in [1.165, 1.54) is 12.8 Å². The molecule has 152 valence electrons. The number of hydrogen-bond acceptors (Lipinski definition) is 5. The number of aromatic nitrogens is 2. The van der Waals surface area contributed by atoms with Gasteiger partial charge in [0.2, 0.25) is 0 Å². The first kappa shape index (κ1) is 19.6. The second-order valence-corrected chi connectivity index (χ2v) is 7.80. The van der Waals surface area contributed by atoms with E-state index in [1.807, 2.05) is 55.5 Å². The Morgan fingerprint density at radius 1 is 1.21 bits per heavy atom. The van der Waals surface area contributed by atoms with Crippen molar-refractivity contribution in [2.24, 2.45) is 5.73 Å². The van der Waals surface area contributed by atoms with Crippen molar-refractivity contribution in [1.29, 1.82) is 0 Å². The second kappa shape index (κ2) is 8.35. The normalized spacial score (nSPS) is 18.2. The van der Waals surface area contributed by atoms with Crippen molar-refractivity contribution in [3.63, 3.8) is 0 Å². The fourth-order valence-electron chi connectivity index (χ4n) is 4.12. The number of hydrogen-bond donors (Lipinski definition) is 1. The van der Waals surface area contributed by atoms with Crippen molar-refractivity contribution < 1.29 is 4.74 Å². The largest absolute Gasteiger partial charge is 0.493 e. The van der Waals surface area contributed by atoms with Crippen LogP contribution in [0.1, 0.15) is 38.1 Å². The number of rotatable bonds is 6. The van der Waals surface area contributed by atoms with Crippen LogP contribution in [0.15, 0.2) is 53.3 Å². The van der Waals surface area contributed by atoms with Gasteiger partial charge in [-0.05, 0) is 64.0 Å². The first-order chi connectivity index (χ1) is 14.1. The van der Waals surface area contributed by atoms with Gasteiger partial charge in [-0.15, -0.1) is 0 Å². The van der Waals surface area contributed by atoms with Crippen LogP contribution in [0.2, 0.25) is 0 Å². The Kier molecular flexibility index (Phi) is 5.65. The molecule has 1 unspecified atom stereocenters. The van der Waals surface area contributed by atoms with Gasteiger partial charge in [0.15, 0.2) is 0 Å². The summed E-state index contributed by atoms with van der Waals surface area (Å²) in [6.45, 7) is 3.56. The van der Waals surface area contributed by atoms with Gasteiger partial charge in [0.1, 0.15) is 17.0 Å². The van der Waals surface area contributed by atoms with Crippen LogP contribution in [0, 0.1) is 0 Å². The number of ether oxygens (including phenoxy) is 1. The number of nitrogens with zero attached hydrogens (tertiary/aromatic N) is 3. The molecule has 2 N–H and O–H groups in total. The summed E-state index contributed by atoms with van der Waals surface area (Å²) < 4.78 is 7.69. The molecule has 2 atom stereocenters. The highest BCUT2D eigenvalue weighted by Crippen LogP contribution is 2.25. The molecule has 3 aromatic rings. The fraction of sp³-hybridized carbons (Fsp3) is 0.391. The topological polar surface area (TPSA) is 73.4 Å². The molecule has 29 heavy (non-hydrogen) atoms. The number of nitrogens with two attached hydrogens (primary N) is 1. The lowest BCUT2D eigenvalue weighted by Crippen LogP contribution is -2.28. The van der Waals surface area contributed by atoms with Crippen molar-refractivity contribution in [1.82, 2.24) is 14.5 Å². The molecule has 0 radical (unpaired) electrons. The first-order valence-electron chi connectivity index (χ1n) is 10.3. The highest BCUT2D eigenvalue weighted by atomic mass is 16.5. The van der Waals surface area contributed by atoms with Crippen molar-refractivity contribution in [3.05, 3.63) is 64.7 Å². The molecule has 4 rings (SSSR count). The summed E-state index contributed by atoms with van der Waals surface area (Å²) in [5.74, 6) is 1.12. The maximum Gasteiger partial charge on any atom is 0.269 e. The first-order valence-corrected chi connectivity index (χ1v) is 10.3. The van der Waals surface area contributed by atoms with Crippen molar-refractivity contribution >= 4 is 10.9 Å². The number of fused-ring (bicyclic) bond motifs is 1. The molecular formula is C23H28N4O2. The third-order valence-corrected chi connectivity index (χ3v) is 5.69.